The van der Waals surface area contributed by atoms with Crippen LogP contribution in [0, 0.1) is 0 Å². The number of hydrogen-bond donors (Lipinski definition) is 2. The quantitative estimate of drug-likeness (QED) is 0.816. The summed E-state index contributed by atoms with van der Waals surface area (Å²) in [5.74, 6) is 1.49. The molecule has 0 aromatic heterocycles. The number of hydrogen-bond acceptors (Lipinski definition) is 4. The first-order chi connectivity index (χ1) is 10.4. The maximum Gasteiger partial charge on any atom is 0.129 e. The van der Waals surface area contributed by atoms with E-state index in [2.05, 4.69) is 0 Å². The fourth-order valence-corrected chi connectivity index (χ4v) is 2.23. The van der Waals surface area contributed by atoms with Gasteiger partial charge in [0, 0.05) is 34.6 Å². The van der Waals surface area contributed by atoms with Crippen LogP contribution in [-0.4, -0.2) is 12.2 Å². The lowest BCUT2D eigenvalue weighted by atomic mass is 10.0. The van der Waals surface area contributed by atoms with Crippen molar-refractivity contribution in [3.8, 4) is 22.6 Å². The first-order valence-corrected chi connectivity index (χ1v) is 7.49. The van der Waals surface area contributed by atoms with Crippen LogP contribution in [0.1, 0.15) is 27.7 Å². The molecule has 2 rings (SSSR count). The Morgan fingerprint density at radius 1 is 0.682 bits per heavy atom. The van der Waals surface area contributed by atoms with Crippen LogP contribution >= 0.6 is 0 Å². The Bertz CT molecular complexity index is 594. The second-order valence-electron chi connectivity index (χ2n) is 5.84. The van der Waals surface area contributed by atoms with Gasteiger partial charge in [-0.2, -0.15) is 0 Å². The largest absolute Gasteiger partial charge is 0.490 e. The summed E-state index contributed by atoms with van der Waals surface area (Å²) in [7, 11) is 0. The van der Waals surface area contributed by atoms with E-state index < -0.39 is 0 Å². The van der Waals surface area contributed by atoms with E-state index in [0.717, 1.165) is 22.6 Å². The zero-order chi connectivity index (χ0) is 16.3. The van der Waals surface area contributed by atoms with Crippen molar-refractivity contribution in [3.05, 3.63) is 36.4 Å². The van der Waals surface area contributed by atoms with E-state index in [1.54, 1.807) is 0 Å². The maximum atomic E-state index is 5.90. The smallest absolute Gasteiger partial charge is 0.129 e. The number of nitrogen functional groups attached to an aromatic ring is 2. The molecule has 0 aliphatic carbocycles. The molecule has 4 N–H and O–H groups in total. The van der Waals surface area contributed by atoms with Crippen molar-refractivity contribution in [2.24, 2.45) is 0 Å². The van der Waals surface area contributed by atoms with E-state index in [1.165, 1.54) is 0 Å². The summed E-state index contributed by atoms with van der Waals surface area (Å²) in [5, 5.41) is 0. The van der Waals surface area contributed by atoms with Crippen LogP contribution in [0.5, 0.6) is 11.5 Å². The van der Waals surface area contributed by atoms with Gasteiger partial charge in [-0.3, -0.25) is 0 Å². The highest BCUT2D eigenvalue weighted by Gasteiger charge is 2.14. The first kappa shape index (κ1) is 16.0. The Labute approximate surface area is 132 Å². The maximum absolute atomic E-state index is 5.90. The third-order valence-electron chi connectivity index (χ3n) is 3.03. The van der Waals surface area contributed by atoms with Crippen molar-refractivity contribution in [2.45, 2.75) is 39.9 Å². The minimum atomic E-state index is 0.0591. The second-order valence-corrected chi connectivity index (χ2v) is 5.84. The third-order valence-corrected chi connectivity index (χ3v) is 3.03. The molecule has 0 aliphatic heterocycles. The Morgan fingerprint density at radius 2 is 1.05 bits per heavy atom. The summed E-state index contributed by atoms with van der Waals surface area (Å²) in [5.41, 5.74) is 15.0. The Balaban J connectivity index is 2.55. The highest BCUT2D eigenvalue weighted by atomic mass is 16.5. The molecule has 2 aromatic rings. The van der Waals surface area contributed by atoms with Gasteiger partial charge in [0.1, 0.15) is 11.5 Å². The molecule has 4 nitrogen and oxygen atoms in total. The summed E-state index contributed by atoms with van der Waals surface area (Å²) < 4.78 is 11.8. The van der Waals surface area contributed by atoms with Crippen LogP contribution in [0.25, 0.3) is 11.1 Å². The number of rotatable bonds is 5. The van der Waals surface area contributed by atoms with Crippen molar-refractivity contribution in [2.75, 3.05) is 11.5 Å². The molecular weight excluding hydrogens is 276 g/mol. The molecule has 0 saturated heterocycles. The van der Waals surface area contributed by atoms with Crippen molar-refractivity contribution in [3.63, 3.8) is 0 Å². The van der Waals surface area contributed by atoms with E-state index in [4.69, 9.17) is 20.9 Å². The minimum Gasteiger partial charge on any atom is -0.490 e. The van der Waals surface area contributed by atoms with Crippen molar-refractivity contribution >= 4 is 11.4 Å². The summed E-state index contributed by atoms with van der Waals surface area (Å²) in [6.45, 7) is 7.95. The van der Waals surface area contributed by atoms with E-state index >= 15 is 0 Å². The fourth-order valence-electron chi connectivity index (χ4n) is 2.23. The zero-order valence-corrected chi connectivity index (χ0v) is 13.6. The Kier molecular flexibility index (Phi) is 4.81. The predicted octanol–water partition coefficient (Wildman–Crippen LogP) is 4.09. The molecule has 0 saturated carbocycles. The Morgan fingerprint density at radius 3 is 1.36 bits per heavy atom. The van der Waals surface area contributed by atoms with Gasteiger partial charge in [0.15, 0.2) is 0 Å². The van der Waals surface area contributed by atoms with Gasteiger partial charge in [0.05, 0.1) is 12.2 Å². The molecule has 0 radical (unpaired) electrons. The highest BCUT2D eigenvalue weighted by molar-refractivity contribution is 5.79. The lowest BCUT2D eigenvalue weighted by molar-refractivity contribution is 0.239. The summed E-state index contributed by atoms with van der Waals surface area (Å²) in [6, 6.07) is 11.3. The third kappa shape index (κ3) is 3.85. The fraction of sp³-hybridized carbons (Fsp3) is 0.333. The SMILES string of the molecule is CC(C)Oc1cc(N)ccc1-c1ccc(N)cc1OC(C)C. The topological polar surface area (TPSA) is 70.5 Å². The lowest BCUT2D eigenvalue weighted by Gasteiger charge is -2.19. The van der Waals surface area contributed by atoms with Crippen LogP contribution in [0.15, 0.2) is 36.4 Å². The normalized spacial score (nSPS) is 11.0. The number of nitrogens with two attached hydrogens (primary N) is 2. The van der Waals surface area contributed by atoms with Gasteiger partial charge in [0.25, 0.3) is 0 Å². The molecule has 0 bridgehead atoms. The van der Waals surface area contributed by atoms with Crippen LogP contribution in [-0.2, 0) is 0 Å². The predicted molar refractivity (Wildman–Crippen MR) is 92.2 cm³/mol. The molecule has 0 heterocycles. The standard InChI is InChI=1S/C18H24N2O2/c1-11(2)21-17-9-13(19)5-7-15(17)16-8-6-14(20)10-18(16)22-12(3)4/h5-12H,19-20H2,1-4H3. The zero-order valence-electron chi connectivity index (χ0n) is 13.6. The van der Waals surface area contributed by atoms with Crippen LogP contribution in [0.2, 0.25) is 0 Å². The van der Waals surface area contributed by atoms with E-state index in [9.17, 15) is 0 Å². The molecule has 0 amide bonds. The highest BCUT2D eigenvalue weighted by Crippen LogP contribution is 2.39. The Hall–Kier alpha value is -2.36. The van der Waals surface area contributed by atoms with Crippen LogP contribution < -0.4 is 20.9 Å². The lowest BCUT2D eigenvalue weighted by Crippen LogP contribution is -2.09. The molecule has 0 unspecified atom stereocenters. The molecular formula is C18H24N2O2. The van der Waals surface area contributed by atoms with Crippen molar-refractivity contribution < 1.29 is 9.47 Å². The van der Waals surface area contributed by atoms with Gasteiger partial charge in [-0.05, 0) is 52.0 Å². The molecule has 4 heteroatoms. The summed E-state index contributed by atoms with van der Waals surface area (Å²) in [6.07, 6.45) is 0.118. The molecule has 118 valence electrons. The molecule has 0 fully saturated rings. The van der Waals surface area contributed by atoms with Crippen LogP contribution in [0.4, 0.5) is 11.4 Å². The number of ether oxygens (including phenoxy) is 2. The second kappa shape index (κ2) is 6.60. The van der Waals surface area contributed by atoms with Gasteiger partial charge >= 0.3 is 0 Å². The van der Waals surface area contributed by atoms with E-state index in [1.807, 2.05) is 64.1 Å². The van der Waals surface area contributed by atoms with Gasteiger partial charge in [-0.15, -0.1) is 0 Å². The van der Waals surface area contributed by atoms with E-state index in [0.29, 0.717) is 11.4 Å². The molecule has 2 aromatic carbocycles. The molecule has 0 aliphatic rings. The van der Waals surface area contributed by atoms with Gasteiger partial charge in [-0.25, -0.2) is 0 Å². The van der Waals surface area contributed by atoms with Gasteiger partial charge in [-0.1, -0.05) is 0 Å². The van der Waals surface area contributed by atoms with Gasteiger partial charge < -0.3 is 20.9 Å². The summed E-state index contributed by atoms with van der Waals surface area (Å²) >= 11 is 0. The average molecular weight is 300 g/mol. The van der Waals surface area contributed by atoms with Gasteiger partial charge in [0.2, 0.25) is 0 Å². The molecule has 0 atom stereocenters. The van der Waals surface area contributed by atoms with Crippen LogP contribution in [0.3, 0.4) is 0 Å². The summed E-state index contributed by atoms with van der Waals surface area (Å²) in [4.78, 5) is 0. The van der Waals surface area contributed by atoms with Crippen molar-refractivity contribution in [1.29, 1.82) is 0 Å². The molecule has 0 spiro atoms. The minimum absolute atomic E-state index is 0.0591. The van der Waals surface area contributed by atoms with E-state index in [-0.39, 0.29) is 12.2 Å². The first-order valence-electron chi connectivity index (χ1n) is 7.49. The number of benzene rings is 2. The molecule has 22 heavy (non-hydrogen) atoms. The average Bonchev–Trinajstić information content (AvgIpc) is 2.38. The monoisotopic (exact) mass is 300 g/mol. The number of anilines is 2. The van der Waals surface area contributed by atoms with Crippen molar-refractivity contribution in [1.82, 2.24) is 0 Å².